The molecule has 3 rings (SSSR count). The number of nitrogens with zero attached hydrogens (tertiary/aromatic N) is 2. The van der Waals surface area contributed by atoms with Crippen molar-refractivity contribution >= 4 is 22.4 Å². The first kappa shape index (κ1) is 12.3. The zero-order chi connectivity index (χ0) is 13.9. The number of nitrogens with one attached hydrogen (secondary N) is 1. The molecular weight excluding hydrogens is 250 g/mol. The SMILES string of the molecule is Cc1cccc(C(=O)Nc2cccc3cnccc23)n1. The minimum atomic E-state index is -0.210. The maximum atomic E-state index is 12.2. The van der Waals surface area contributed by atoms with Crippen molar-refractivity contribution in [3.05, 3.63) is 66.2 Å². The van der Waals surface area contributed by atoms with Crippen LogP contribution in [0.4, 0.5) is 5.69 Å². The Kier molecular flexibility index (Phi) is 3.13. The van der Waals surface area contributed by atoms with Gasteiger partial charge in [0.2, 0.25) is 0 Å². The Bertz CT molecular complexity index is 778. The monoisotopic (exact) mass is 263 g/mol. The van der Waals surface area contributed by atoms with Crippen molar-refractivity contribution in [2.75, 3.05) is 5.32 Å². The van der Waals surface area contributed by atoms with Crippen molar-refractivity contribution in [1.82, 2.24) is 9.97 Å². The van der Waals surface area contributed by atoms with Crippen molar-refractivity contribution < 1.29 is 4.79 Å². The van der Waals surface area contributed by atoms with E-state index >= 15 is 0 Å². The number of hydrogen-bond donors (Lipinski definition) is 1. The molecule has 0 aliphatic rings. The minimum absolute atomic E-state index is 0.210. The summed E-state index contributed by atoms with van der Waals surface area (Å²) >= 11 is 0. The molecule has 4 heteroatoms. The van der Waals surface area contributed by atoms with Crippen LogP contribution < -0.4 is 5.32 Å². The molecule has 0 fully saturated rings. The molecule has 2 heterocycles. The highest BCUT2D eigenvalue weighted by Crippen LogP contribution is 2.22. The fourth-order valence-electron chi connectivity index (χ4n) is 2.09. The zero-order valence-electron chi connectivity index (χ0n) is 11.0. The molecule has 1 amide bonds. The summed E-state index contributed by atoms with van der Waals surface area (Å²) in [6.07, 6.45) is 3.48. The van der Waals surface area contributed by atoms with Crippen molar-refractivity contribution in [2.45, 2.75) is 6.92 Å². The van der Waals surface area contributed by atoms with Crippen LogP contribution in [-0.2, 0) is 0 Å². The molecule has 98 valence electrons. The van der Waals surface area contributed by atoms with Crippen LogP contribution in [-0.4, -0.2) is 15.9 Å². The molecular formula is C16H13N3O. The molecule has 0 aliphatic heterocycles. The number of amides is 1. The summed E-state index contributed by atoms with van der Waals surface area (Å²) in [5, 5.41) is 4.85. The summed E-state index contributed by atoms with van der Waals surface area (Å²) < 4.78 is 0. The molecule has 0 saturated heterocycles. The van der Waals surface area contributed by atoms with E-state index in [1.807, 2.05) is 43.3 Å². The van der Waals surface area contributed by atoms with Gasteiger partial charge in [0.1, 0.15) is 5.69 Å². The number of rotatable bonds is 2. The predicted molar refractivity (Wildman–Crippen MR) is 78.7 cm³/mol. The van der Waals surface area contributed by atoms with Crippen molar-refractivity contribution in [3.63, 3.8) is 0 Å². The van der Waals surface area contributed by atoms with Crippen LogP contribution in [0.3, 0.4) is 0 Å². The van der Waals surface area contributed by atoms with E-state index in [0.717, 1.165) is 22.2 Å². The Labute approximate surface area is 116 Å². The first-order valence-corrected chi connectivity index (χ1v) is 6.32. The van der Waals surface area contributed by atoms with Gasteiger partial charge in [-0.15, -0.1) is 0 Å². The summed E-state index contributed by atoms with van der Waals surface area (Å²) in [5.74, 6) is -0.210. The molecule has 0 unspecified atom stereocenters. The van der Waals surface area contributed by atoms with Crippen LogP contribution in [0.15, 0.2) is 54.9 Å². The van der Waals surface area contributed by atoms with Gasteiger partial charge in [-0.1, -0.05) is 18.2 Å². The summed E-state index contributed by atoms with van der Waals surface area (Å²) in [5.41, 5.74) is 1.99. The molecule has 2 aromatic heterocycles. The van der Waals surface area contributed by atoms with E-state index in [9.17, 15) is 4.79 Å². The van der Waals surface area contributed by atoms with E-state index in [-0.39, 0.29) is 5.91 Å². The van der Waals surface area contributed by atoms with Crippen molar-refractivity contribution in [3.8, 4) is 0 Å². The average Bonchev–Trinajstić information content (AvgIpc) is 2.47. The second-order valence-corrected chi connectivity index (χ2v) is 4.52. The second-order valence-electron chi connectivity index (χ2n) is 4.52. The fraction of sp³-hybridized carbons (Fsp3) is 0.0625. The molecule has 0 spiro atoms. The van der Waals surface area contributed by atoms with E-state index in [1.54, 1.807) is 18.5 Å². The van der Waals surface area contributed by atoms with E-state index in [0.29, 0.717) is 5.69 Å². The van der Waals surface area contributed by atoms with E-state index in [1.165, 1.54) is 0 Å². The van der Waals surface area contributed by atoms with Crippen molar-refractivity contribution in [1.29, 1.82) is 0 Å². The van der Waals surface area contributed by atoms with Gasteiger partial charge in [0.15, 0.2) is 0 Å². The number of pyridine rings is 2. The van der Waals surface area contributed by atoms with E-state index in [2.05, 4.69) is 15.3 Å². The number of anilines is 1. The highest BCUT2D eigenvalue weighted by molar-refractivity contribution is 6.08. The third-order valence-corrected chi connectivity index (χ3v) is 3.05. The van der Waals surface area contributed by atoms with Gasteiger partial charge < -0.3 is 5.32 Å². The molecule has 0 aliphatic carbocycles. The third-order valence-electron chi connectivity index (χ3n) is 3.05. The summed E-state index contributed by atoms with van der Waals surface area (Å²) in [7, 11) is 0. The average molecular weight is 263 g/mol. The van der Waals surface area contributed by atoms with Gasteiger partial charge >= 0.3 is 0 Å². The van der Waals surface area contributed by atoms with E-state index in [4.69, 9.17) is 0 Å². The molecule has 3 aromatic rings. The lowest BCUT2D eigenvalue weighted by atomic mass is 10.1. The normalized spacial score (nSPS) is 10.4. The van der Waals surface area contributed by atoms with Gasteiger partial charge in [0, 0.05) is 34.5 Å². The molecule has 0 radical (unpaired) electrons. The molecule has 20 heavy (non-hydrogen) atoms. The Morgan fingerprint density at radius 3 is 2.80 bits per heavy atom. The van der Waals surface area contributed by atoms with Gasteiger partial charge in [0.25, 0.3) is 5.91 Å². The van der Waals surface area contributed by atoms with Gasteiger partial charge in [0.05, 0.1) is 0 Å². The Balaban J connectivity index is 1.95. The van der Waals surface area contributed by atoms with Crippen LogP contribution in [0.5, 0.6) is 0 Å². The molecule has 4 nitrogen and oxygen atoms in total. The smallest absolute Gasteiger partial charge is 0.274 e. The maximum Gasteiger partial charge on any atom is 0.274 e. The number of fused-ring (bicyclic) bond motifs is 1. The molecule has 0 atom stereocenters. The second kappa shape index (κ2) is 5.09. The number of hydrogen-bond acceptors (Lipinski definition) is 3. The summed E-state index contributed by atoms with van der Waals surface area (Å²) in [4.78, 5) is 20.5. The maximum absolute atomic E-state index is 12.2. The van der Waals surface area contributed by atoms with Crippen LogP contribution >= 0.6 is 0 Å². The summed E-state index contributed by atoms with van der Waals surface area (Å²) in [6.45, 7) is 1.86. The molecule has 0 bridgehead atoms. The zero-order valence-corrected chi connectivity index (χ0v) is 11.0. The Morgan fingerprint density at radius 1 is 1.10 bits per heavy atom. The van der Waals surface area contributed by atoms with Gasteiger partial charge in [-0.3, -0.25) is 9.78 Å². The number of aromatic nitrogens is 2. The summed E-state index contributed by atoms with van der Waals surface area (Å²) in [6, 6.07) is 13.0. The largest absolute Gasteiger partial charge is 0.320 e. The first-order valence-electron chi connectivity index (χ1n) is 6.32. The predicted octanol–water partition coefficient (Wildman–Crippen LogP) is 3.19. The fourth-order valence-corrected chi connectivity index (χ4v) is 2.09. The first-order chi connectivity index (χ1) is 9.74. The van der Waals surface area contributed by atoms with Crippen LogP contribution in [0.2, 0.25) is 0 Å². The number of carbonyl (C=O) groups excluding carboxylic acids is 1. The molecule has 0 saturated carbocycles. The lowest BCUT2D eigenvalue weighted by Gasteiger charge is -2.08. The lowest BCUT2D eigenvalue weighted by Crippen LogP contribution is -2.14. The van der Waals surface area contributed by atoms with Gasteiger partial charge in [-0.2, -0.15) is 0 Å². The molecule has 1 N–H and O–H groups in total. The number of aryl methyl sites for hydroxylation is 1. The van der Waals surface area contributed by atoms with Gasteiger partial charge in [-0.05, 0) is 31.2 Å². The van der Waals surface area contributed by atoms with Crippen LogP contribution in [0, 0.1) is 6.92 Å². The Morgan fingerprint density at radius 2 is 1.95 bits per heavy atom. The number of benzene rings is 1. The van der Waals surface area contributed by atoms with Crippen LogP contribution in [0.1, 0.15) is 16.2 Å². The van der Waals surface area contributed by atoms with Crippen LogP contribution in [0.25, 0.3) is 10.8 Å². The highest BCUT2D eigenvalue weighted by atomic mass is 16.1. The van der Waals surface area contributed by atoms with Gasteiger partial charge in [-0.25, -0.2) is 4.98 Å². The highest BCUT2D eigenvalue weighted by Gasteiger charge is 2.09. The standard InChI is InChI=1S/C16H13N3O/c1-11-4-2-7-15(18-11)16(20)19-14-6-3-5-12-10-17-9-8-13(12)14/h2-10H,1H3,(H,19,20). The number of carbonyl (C=O) groups is 1. The van der Waals surface area contributed by atoms with Crippen molar-refractivity contribution in [2.24, 2.45) is 0 Å². The van der Waals surface area contributed by atoms with E-state index < -0.39 is 0 Å². The topological polar surface area (TPSA) is 54.9 Å². The quantitative estimate of drug-likeness (QED) is 0.772. The Hall–Kier alpha value is -2.75. The lowest BCUT2D eigenvalue weighted by molar-refractivity contribution is 0.102. The minimum Gasteiger partial charge on any atom is -0.320 e. The third kappa shape index (κ3) is 2.36. The molecule has 1 aromatic carbocycles.